The summed E-state index contributed by atoms with van der Waals surface area (Å²) in [6.07, 6.45) is 2.93. The third-order valence-electron chi connectivity index (χ3n) is 6.54. The van der Waals surface area contributed by atoms with Crippen LogP contribution in [0, 0.1) is 18.7 Å². The number of halogens is 1. The fraction of sp³-hybridized carbons (Fsp3) is 0.500. The Balaban J connectivity index is 1.83. The van der Waals surface area contributed by atoms with Crippen LogP contribution in [-0.4, -0.2) is 30.1 Å². The van der Waals surface area contributed by atoms with E-state index in [1.165, 1.54) is 17.2 Å². The Morgan fingerprint density at radius 3 is 2.53 bits per heavy atom. The topological polar surface area (TPSA) is 29.5 Å². The number of ether oxygens (including phenoxy) is 1. The predicted molar refractivity (Wildman–Crippen MR) is 119 cm³/mol. The fourth-order valence-electron chi connectivity index (χ4n) is 4.45. The Morgan fingerprint density at radius 1 is 1.20 bits per heavy atom. The number of hydrogen-bond acceptors (Lipinski definition) is 2. The molecule has 3 nitrogen and oxygen atoms in total. The molecule has 1 heterocycles. The molecule has 162 valence electrons. The van der Waals surface area contributed by atoms with E-state index in [-0.39, 0.29) is 23.2 Å². The van der Waals surface area contributed by atoms with Crippen LogP contribution in [-0.2, 0) is 21.5 Å². The normalized spacial score (nSPS) is 21.6. The highest BCUT2D eigenvalue weighted by atomic mass is 19.1. The van der Waals surface area contributed by atoms with Crippen LogP contribution in [0.4, 0.5) is 4.39 Å². The second kappa shape index (κ2) is 9.74. The van der Waals surface area contributed by atoms with E-state index < -0.39 is 0 Å². The van der Waals surface area contributed by atoms with Crippen LogP contribution in [0.5, 0.6) is 0 Å². The molecule has 1 amide bonds. The molecule has 0 aliphatic carbocycles. The molecule has 1 aliphatic rings. The lowest BCUT2D eigenvalue weighted by Crippen LogP contribution is -2.43. The Labute approximate surface area is 180 Å². The molecule has 0 saturated carbocycles. The Kier molecular flexibility index (Phi) is 7.30. The summed E-state index contributed by atoms with van der Waals surface area (Å²) in [5, 5.41) is 0. The zero-order chi connectivity index (χ0) is 21.7. The van der Waals surface area contributed by atoms with Gasteiger partial charge in [0.05, 0.1) is 6.10 Å². The van der Waals surface area contributed by atoms with Crippen LogP contribution < -0.4 is 0 Å². The van der Waals surface area contributed by atoms with Gasteiger partial charge >= 0.3 is 0 Å². The van der Waals surface area contributed by atoms with E-state index in [4.69, 9.17) is 4.74 Å². The third kappa shape index (κ3) is 5.28. The van der Waals surface area contributed by atoms with Crippen LogP contribution in [0.3, 0.4) is 0 Å². The molecule has 1 aliphatic heterocycles. The molecule has 2 aromatic rings. The molecule has 0 unspecified atom stereocenters. The Morgan fingerprint density at radius 2 is 1.90 bits per heavy atom. The van der Waals surface area contributed by atoms with Crippen molar-refractivity contribution in [3.8, 4) is 0 Å². The second-order valence-corrected chi connectivity index (χ2v) is 9.04. The predicted octanol–water partition coefficient (Wildman–Crippen LogP) is 5.65. The van der Waals surface area contributed by atoms with Gasteiger partial charge in [-0.1, -0.05) is 61.9 Å². The van der Waals surface area contributed by atoms with Crippen LogP contribution in [0.25, 0.3) is 0 Å². The molecule has 3 rings (SSSR count). The maximum absolute atomic E-state index is 14.2. The molecular weight excluding hydrogens is 377 g/mol. The van der Waals surface area contributed by atoms with Crippen molar-refractivity contribution in [2.75, 3.05) is 13.2 Å². The van der Waals surface area contributed by atoms with E-state index in [1.54, 1.807) is 24.0 Å². The van der Waals surface area contributed by atoms with E-state index in [9.17, 15) is 9.18 Å². The van der Waals surface area contributed by atoms with E-state index in [0.29, 0.717) is 24.6 Å². The van der Waals surface area contributed by atoms with E-state index in [2.05, 4.69) is 45.0 Å². The third-order valence-corrected chi connectivity index (χ3v) is 6.54. The lowest BCUT2D eigenvalue weighted by Gasteiger charge is -2.44. The molecule has 30 heavy (non-hydrogen) atoms. The van der Waals surface area contributed by atoms with E-state index in [1.807, 2.05) is 6.07 Å². The van der Waals surface area contributed by atoms with Gasteiger partial charge in [0.15, 0.2) is 0 Å². The van der Waals surface area contributed by atoms with Gasteiger partial charge in [0, 0.05) is 37.6 Å². The summed E-state index contributed by atoms with van der Waals surface area (Å²) in [5.41, 5.74) is 3.08. The first-order chi connectivity index (χ1) is 14.3. The lowest BCUT2D eigenvalue weighted by atomic mass is 9.68. The maximum atomic E-state index is 14.2. The summed E-state index contributed by atoms with van der Waals surface area (Å²) >= 11 is 0. The minimum Gasteiger partial charge on any atom is -0.378 e. The highest BCUT2D eigenvalue weighted by Gasteiger charge is 2.39. The molecule has 1 fully saturated rings. The molecule has 4 heteroatoms. The molecule has 1 saturated heterocycles. The quantitative estimate of drug-likeness (QED) is 0.590. The molecule has 0 N–H and O–H groups in total. The molecule has 2 atom stereocenters. The van der Waals surface area contributed by atoms with Crippen LogP contribution >= 0.6 is 0 Å². The van der Waals surface area contributed by atoms with Crippen molar-refractivity contribution in [3.05, 3.63) is 71.0 Å². The average molecular weight is 412 g/mol. The number of benzene rings is 2. The van der Waals surface area contributed by atoms with Crippen molar-refractivity contribution in [2.45, 2.75) is 65.0 Å². The summed E-state index contributed by atoms with van der Waals surface area (Å²) in [6.45, 7) is 9.71. The summed E-state index contributed by atoms with van der Waals surface area (Å²) < 4.78 is 20.2. The summed E-state index contributed by atoms with van der Waals surface area (Å²) in [4.78, 5) is 14.1. The van der Waals surface area contributed by atoms with Crippen molar-refractivity contribution in [1.29, 1.82) is 0 Å². The molecule has 0 bridgehead atoms. The minimum absolute atomic E-state index is 0.0234. The van der Waals surface area contributed by atoms with Gasteiger partial charge in [-0.25, -0.2) is 4.39 Å². The Bertz CT molecular complexity index is 848. The summed E-state index contributed by atoms with van der Waals surface area (Å²) in [7, 11) is 0. The van der Waals surface area contributed by atoms with Crippen LogP contribution in [0.1, 0.15) is 56.7 Å². The largest absolute Gasteiger partial charge is 0.378 e. The lowest BCUT2D eigenvalue weighted by molar-refractivity contribution is -0.130. The average Bonchev–Trinajstić information content (AvgIpc) is 2.72. The number of amides is 1. The molecule has 2 aromatic carbocycles. The Hall–Kier alpha value is -2.20. The SMILES string of the molecule is CC(=O)N(CC[C@@]1(c2ccc(C)cc2)CCO[C@@H](C(C)C)C1)Cc1ccccc1F. The summed E-state index contributed by atoms with van der Waals surface area (Å²) in [5.74, 6) is 0.158. The molecule has 0 aromatic heterocycles. The monoisotopic (exact) mass is 411 g/mol. The van der Waals surface area contributed by atoms with Crippen LogP contribution in [0.2, 0.25) is 0 Å². The van der Waals surface area contributed by atoms with E-state index >= 15 is 0 Å². The zero-order valence-electron chi connectivity index (χ0n) is 18.7. The van der Waals surface area contributed by atoms with Gasteiger partial charge < -0.3 is 9.64 Å². The first kappa shape index (κ1) is 22.5. The number of nitrogens with zero attached hydrogens (tertiary/aromatic N) is 1. The smallest absolute Gasteiger partial charge is 0.219 e. The zero-order valence-corrected chi connectivity index (χ0v) is 18.7. The van der Waals surface area contributed by atoms with Gasteiger partial charge in [0.1, 0.15) is 5.82 Å². The fourth-order valence-corrected chi connectivity index (χ4v) is 4.45. The van der Waals surface area contributed by atoms with Gasteiger partial charge in [-0.2, -0.15) is 0 Å². The second-order valence-electron chi connectivity index (χ2n) is 9.04. The van der Waals surface area contributed by atoms with Gasteiger partial charge in [-0.05, 0) is 43.7 Å². The summed E-state index contributed by atoms with van der Waals surface area (Å²) in [6, 6.07) is 15.5. The van der Waals surface area contributed by atoms with Gasteiger partial charge in [0.25, 0.3) is 0 Å². The van der Waals surface area contributed by atoms with Gasteiger partial charge in [-0.15, -0.1) is 0 Å². The van der Waals surface area contributed by atoms with Crippen molar-refractivity contribution in [1.82, 2.24) is 4.90 Å². The molecular formula is C26H34FNO2. The van der Waals surface area contributed by atoms with Crippen molar-refractivity contribution in [2.24, 2.45) is 5.92 Å². The van der Waals surface area contributed by atoms with Crippen molar-refractivity contribution < 1.29 is 13.9 Å². The number of aryl methyl sites for hydroxylation is 1. The molecule has 0 radical (unpaired) electrons. The van der Waals surface area contributed by atoms with Crippen molar-refractivity contribution in [3.63, 3.8) is 0 Å². The van der Waals surface area contributed by atoms with Gasteiger partial charge in [-0.3, -0.25) is 4.79 Å². The maximum Gasteiger partial charge on any atom is 0.219 e. The number of hydrogen-bond donors (Lipinski definition) is 0. The number of rotatable bonds is 7. The van der Waals surface area contributed by atoms with Gasteiger partial charge in [0.2, 0.25) is 5.91 Å². The highest BCUT2D eigenvalue weighted by Crippen LogP contribution is 2.42. The standard InChI is InChI=1S/C26H34FNO2/c1-19(2)25-17-26(14-16-30-25,23-11-9-20(3)10-12-23)13-15-28(21(4)29)18-22-7-5-6-8-24(22)27/h5-12,19,25H,13-18H2,1-4H3/t25-,26-/m1/s1. The first-order valence-corrected chi connectivity index (χ1v) is 11.0. The molecule has 0 spiro atoms. The van der Waals surface area contributed by atoms with Crippen molar-refractivity contribution >= 4 is 5.91 Å². The highest BCUT2D eigenvalue weighted by molar-refractivity contribution is 5.73. The van der Waals surface area contributed by atoms with Crippen LogP contribution in [0.15, 0.2) is 48.5 Å². The van der Waals surface area contributed by atoms with E-state index in [0.717, 1.165) is 25.9 Å². The number of carbonyl (C=O) groups excluding carboxylic acids is 1. The number of carbonyl (C=O) groups is 1. The first-order valence-electron chi connectivity index (χ1n) is 11.0. The minimum atomic E-state index is -0.261.